The Morgan fingerprint density at radius 2 is 1.82 bits per heavy atom. The Labute approximate surface area is 386 Å². The summed E-state index contributed by atoms with van der Waals surface area (Å²) in [5.74, 6) is 0.821. The molecule has 0 radical (unpaired) electrons. The number of morpholine rings is 1. The summed E-state index contributed by atoms with van der Waals surface area (Å²) in [7, 11) is -2.21. The fraction of sp³-hybridized carbons (Fsp3) is 0.600. The third kappa shape index (κ3) is 13.0. The van der Waals surface area contributed by atoms with Crippen molar-refractivity contribution >= 4 is 31.0 Å². The van der Waals surface area contributed by atoms with E-state index in [1.165, 1.54) is 30.0 Å². The molecule has 15 heteroatoms. The first kappa shape index (κ1) is 48.5. The Bertz CT molecular complexity index is 2280. The Kier molecular flexibility index (Phi) is 16.1. The lowest BCUT2D eigenvalue weighted by Crippen LogP contribution is -2.58. The Balaban J connectivity index is 0.800. The van der Waals surface area contributed by atoms with Gasteiger partial charge in [-0.1, -0.05) is 51.1 Å². The second kappa shape index (κ2) is 21.5. The standard InChI is InChI=1S/C50H73N7O7Si/c1-7-55(28-23-51-34-44(64-65(5,6)49(2,3)4)40-13-15-43(58)47-41(40)14-16-45(59)52-47)46(60)20-31-62-30-19-38-10-8-9-37(33-38)17-24-54-26-21-50(22-27-54)36-56(29-32-63-50)48(61)42-18-25-57(53-42)35-39-11-12-39/h8-10,13-16,18,25,33,39,44,51,58H,7,11-12,17,19-24,26-32,34-36H2,1-6H3,(H,52,59)/t44-/m0/s1. The topological polar surface area (TPSA) is 154 Å². The molecule has 354 valence electrons. The molecule has 3 N–H and O–H groups in total. The largest absolute Gasteiger partial charge is 0.506 e. The predicted octanol–water partition coefficient (Wildman–Crippen LogP) is 6.54. The number of benzene rings is 2. The number of carbonyl (C=O) groups excluding carboxylic acids is 2. The van der Waals surface area contributed by atoms with E-state index in [0.717, 1.165) is 62.8 Å². The predicted molar refractivity (Wildman–Crippen MR) is 257 cm³/mol. The quantitative estimate of drug-likeness (QED) is 0.0621. The number of nitrogens with one attached hydrogen (secondary N) is 2. The van der Waals surface area contributed by atoms with E-state index in [1.54, 1.807) is 12.1 Å². The molecule has 2 saturated heterocycles. The summed E-state index contributed by atoms with van der Waals surface area (Å²) < 4.78 is 21.2. The summed E-state index contributed by atoms with van der Waals surface area (Å²) in [6.07, 6.45) is 8.04. The molecule has 7 rings (SSSR count). The highest BCUT2D eigenvalue weighted by molar-refractivity contribution is 6.74. The number of aromatic amines is 1. The van der Waals surface area contributed by atoms with Gasteiger partial charge in [0.2, 0.25) is 11.5 Å². The minimum atomic E-state index is -2.21. The van der Waals surface area contributed by atoms with Crippen LogP contribution >= 0.6 is 0 Å². The molecule has 65 heavy (non-hydrogen) atoms. The number of likely N-dealkylation sites (N-methyl/N-ethyl adjacent to an activating group) is 1. The van der Waals surface area contributed by atoms with Gasteiger partial charge in [0.05, 0.1) is 50.0 Å². The van der Waals surface area contributed by atoms with Gasteiger partial charge in [0.25, 0.3) is 5.91 Å². The number of fused-ring (bicyclic) bond motifs is 1. The van der Waals surface area contributed by atoms with Crippen LogP contribution in [0.5, 0.6) is 5.75 Å². The van der Waals surface area contributed by atoms with Gasteiger partial charge in [0.15, 0.2) is 8.32 Å². The molecule has 3 fully saturated rings. The van der Waals surface area contributed by atoms with Crippen molar-refractivity contribution in [2.45, 2.75) is 109 Å². The molecule has 0 bridgehead atoms. The lowest BCUT2D eigenvalue weighted by Gasteiger charge is -2.47. The molecule has 1 spiro atoms. The van der Waals surface area contributed by atoms with Gasteiger partial charge in [-0.2, -0.15) is 5.10 Å². The molecule has 2 aromatic heterocycles. The lowest BCUT2D eigenvalue weighted by molar-refractivity contribution is -0.132. The van der Waals surface area contributed by atoms with Crippen LogP contribution in [0.4, 0.5) is 0 Å². The minimum Gasteiger partial charge on any atom is -0.506 e. The molecule has 1 saturated carbocycles. The maximum atomic E-state index is 13.4. The summed E-state index contributed by atoms with van der Waals surface area (Å²) >= 11 is 0. The van der Waals surface area contributed by atoms with Crippen molar-refractivity contribution in [3.8, 4) is 5.75 Å². The van der Waals surface area contributed by atoms with Gasteiger partial charge in [-0.05, 0) is 104 Å². The Hall–Kier alpha value is -4.38. The number of amides is 2. The number of aromatic nitrogens is 3. The van der Waals surface area contributed by atoms with Gasteiger partial charge in [-0.25, -0.2) is 0 Å². The van der Waals surface area contributed by atoms with Crippen molar-refractivity contribution in [2.24, 2.45) is 5.92 Å². The Morgan fingerprint density at radius 1 is 1.05 bits per heavy atom. The molecule has 2 aromatic carbocycles. The van der Waals surface area contributed by atoms with Crippen LogP contribution < -0.4 is 10.9 Å². The minimum absolute atomic E-state index is 0.0185. The van der Waals surface area contributed by atoms with E-state index >= 15 is 0 Å². The van der Waals surface area contributed by atoms with Crippen LogP contribution in [0.1, 0.15) is 93.1 Å². The maximum Gasteiger partial charge on any atom is 0.274 e. The van der Waals surface area contributed by atoms with Gasteiger partial charge in [0, 0.05) is 76.6 Å². The molecule has 4 heterocycles. The summed E-state index contributed by atoms with van der Waals surface area (Å²) in [5, 5.41) is 19.4. The summed E-state index contributed by atoms with van der Waals surface area (Å²) in [4.78, 5) is 47.8. The van der Waals surface area contributed by atoms with Crippen molar-refractivity contribution in [1.29, 1.82) is 0 Å². The third-order valence-corrected chi connectivity index (χ3v) is 18.6. The van der Waals surface area contributed by atoms with Gasteiger partial charge in [-0.3, -0.25) is 19.1 Å². The number of phenolic OH excluding ortho intramolecular Hbond substituents is 1. The zero-order chi connectivity index (χ0) is 46.2. The number of rotatable bonds is 21. The number of pyridine rings is 1. The third-order valence-electron chi connectivity index (χ3n) is 14.1. The molecule has 2 aliphatic heterocycles. The number of piperidine rings is 1. The molecule has 3 aliphatic rings. The molecule has 2 amide bonds. The van der Waals surface area contributed by atoms with Gasteiger partial charge >= 0.3 is 0 Å². The van der Waals surface area contributed by atoms with Gasteiger partial charge in [0.1, 0.15) is 11.4 Å². The highest BCUT2D eigenvalue weighted by Gasteiger charge is 2.42. The van der Waals surface area contributed by atoms with Crippen molar-refractivity contribution < 1.29 is 28.6 Å². The summed E-state index contributed by atoms with van der Waals surface area (Å²) in [5.41, 5.74) is 3.83. The van der Waals surface area contributed by atoms with Gasteiger partial charge < -0.3 is 44.0 Å². The van der Waals surface area contributed by atoms with Crippen LogP contribution in [0, 0.1) is 5.92 Å². The van der Waals surface area contributed by atoms with Crippen molar-refractivity contribution in [3.63, 3.8) is 0 Å². The number of likely N-dealkylation sites (tertiary alicyclic amines) is 1. The molecular formula is C50H73N7O7Si. The number of nitrogens with zero attached hydrogens (tertiary/aromatic N) is 5. The van der Waals surface area contributed by atoms with Crippen LogP contribution in [0.2, 0.25) is 18.1 Å². The normalized spacial score (nSPS) is 17.5. The highest BCUT2D eigenvalue weighted by atomic mass is 28.4. The molecular weight excluding hydrogens is 839 g/mol. The number of H-pyrrole nitrogens is 1. The van der Waals surface area contributed by atoms with E-state index in [1.807, 2.05) is 39.7 Å². The van der Waals surface area contributed by atoms with E-state index < -0.39 is 8.32 Å². The molecule has 1 atom stereocenters. The van der Waals surface area contributed by atoms with Gasteiger partial charge in [-0.15, -0.1) is 0 Å². The maximum absolute atomic E-state index is 13.4. The number of ether oxygens (including phenoxy) is 2. The van der Waals surface area contributed by atoms with Crippen LogP contribution in [0.15, 0.2) is 65.6 Å². The fourth-order valence-corrected chi connectivity index (χ4v) is 10.1. The number of carbonyl (C=O) groups is 2. The molecule has 4 aromatic rings. The van der Waals surface area contributed by atoms with Crippen molar-refractivity contribution in [1.82, 2.24) is 34.8 Å². The molecule has 1 aliphatic carbocycles. The first-order chi connectivity index (χ1) is 31.1. The summed E-state index contributed by atoms with van der Waals surface area (Å²) in [6.45, 7) is 21.8. The lowest BCUT2D eigenvalue weighted by atomic mass is 9.89. The zero-order valence-electron chi connectivity index (χ0n) is 39.7. The average molecular weight is 912 g/mol. The number of aromatic hydroxyl groups is 1. The second-order valence-electron chi connectivity index (χ2n) is 20.0. The van der Waals surface area contributed by atoms with E-state index in [2.05, 4.69) is 78.4 Å². The van der Waals surface area contributed by atoms with Crippen LogP contribution in [-0.2, 0) is 38.1 Å². The van der Waals surface area contributed by atoms with E-state index in [4.69, 9.17) is 13.9 Å². The van der Waals surface area contributed by atoms with Crippen molar-refractivity contribution in [3.05, 3.63) is 93.5 Å². The molecule has 0 unspecified atom stereocenters. The summed E-state index contributed by atoms with van der Waals surface area (Å²) in [6, 6.07) is 17.3. The SMILES string of the molecule is CCN(CCNC[C@H](O[Si](C)(C)C(C)(C)C)c1ccc(O)c2[nH]c(=O)ccc12)C(=O)CCOCCc1cccc(CCN2CCC3(CC2)CN(C(=O)c2ccn(CC4CC4)n2)CCO3)c1. The molecule has 14 nitrogen and oxygen atoms in total. The van der Waals surface area contributed by atoms with Crippen LogP contribution in [-0.4, -0.2) is 139 Å². The Morgan fingerprint density at radius 3 is 2.55 bits per heavy atom. The van der Waals surface area contributed by atoms with E-state index in [-0.39, 0.29) is 39.9 Å². The van der Waals surface area contributed by atoms with Crippen LogP contribution in [0.25, 0.3) is 10.9 Å². The van der Waals surface area contributed by atoms with E-state index in [9.17, 15) is 19.5 Å². The zero-order valence-corrected chi connectivity index (χ0v) is 40.7. The first-order valence-corrected chi connectivity index (χ1v) is 26.9. The van der Waals surface area contributed by atoms with Crippen molar-refractivity contribution in [2.75, 3.05) is 78.7 Å². The number of hydrogen-bond acceptors (Lipinski definition) is 10. The highest BCUT2D eigenvalue weighted by Crippen LogP contribution is 2.41. The number of hydrogen-bond donors (Lipinski definition) is 3. The van der Waals surface area contributed by atoms with Crippen LogP contribution in [0.3, 0.4) is 0 Å². The number of phenols is 1. The monoisotopic (exact) mass is 912 g/mol. The second-order valence-corrected chi connectivity index (χ2v) is 24.7. The van der Waals surface area contributed by atoms with E-state index in [0.29, 0.717) is 82.6 Å². The first-order valence-electron chi connectivity index (χ1n) is 24.0. The average Bonchev–Trinajstić information content (AvgIpc) is 3.98. The fourth-order valence-electron chi connectivity index (χ4n) is 8.84. The smallest absolute Gasteiger partial charge is 0.274 e.